The Labute approximate surface area is 289 Å². The van der Waals surface area contributed by atoms with E-state index in [4.69, 9.17) is 32.7 Å². The molecule has 0 bridgehead atoms. The molecule has 1 saturated carbocycles. The van der Waals surface area contributed by atoms with Crippen molar-refractivity contribution in [1.29, 1.82) is 0 Å². The van der Waals surface area contributed by atoms with E-state index in [9.17, 15) is 19.5 Å². The lowest BCUT2D eigenvalue weighted by Gasteiger charge is -2.52. The molecule has 1 aromatic heterocycles. The summed E-state index contributed by atoms with van der Waals surface area (Å²) in [7, 11) is 0. The molecule has 3 atom stereocenters. The summed E-state index contributed by atoms with van der Waals surface area (Å²) in [4.78, 5) is 44.1. The predicted molar refractivity (Wildman–Crippen MR) is 185 cm³/mol. The minimum Gasteiger partial charge on any atom is -0.481 e. The molecule has 3 fully saturated rings. The summed E-state index contributed by atoms with van der Waals surface area (Å²) in [6, 6.07) is 11.0. The molecule has 1 amide bonds. The van der Waals surface area contributed by atoms with Crippen LogP contribution in [-0.4, -0.2) is 82.9 Å². The van der Waals surface area contributed by atoms with E-state index in [-0.39, 0.29) is 41.4 Å². The molecular weight excluding hydrogens is 661 g/mol. The van der Waals surface area contributed by atoms with Crippen LogP contribution in [0, 0.1) is 5.92 Å². The highest BCUT2D eigenvalue weighted by Gasteiger charge is 2.54. The number of halogens is 2. The first kappa shape index (κ1) is 34.3. The zero-order chi connectivity index (χ0) is 33.3. The second kappa shape index (κ2) is 14.5. The molecule has 3 heterocycles. The number of ketones is 1. The van der Waals surface area contributed by atoms with Crippen LogP contribution in [0.25, 0.3) is 10.1 Å². The van der Waals surface area contributed by atoms with Crippen molar-refractivity contribution in [1.82, 2.24) is 9.80 Å². The molecule has 0 radical (unpaired) electrons. The monoisotopic (exact) mass is 701 g/mol. The predicted octanol–water partition coefficient (Wildman–Crippen LogP) is 7.09. The quantitative estimate of drug-likeness (QED) is 0.231. The Hall–Kier alpha value is -2.57. The molecule has 1 unspecified atom stereocenters. The zero-order valence-corrected chi connectivity index (χ0v) is 29.0. The van der Waals surface area contributed by atoms with Crippen LogP contribution in [-0.2, 0) is 25.5 Å². The Morgan fingerprint density at radius 2 is 1.68 bits per heavy atom. The third-order valence-corrected chi connectivity index (χ3v) is 11.2. The van der Waals surface area contributed by atoms with Crippen molar-refractivity contribution in [2.24, 2.45) is 5.92 Å². The van der Waals surface area contributed by atoms with E-state index in [0.29, 0.717) is 73.7 Å². The molecule has 1 aliphatic carbocycles. The van der Waals surface area contributed by atoms with Crippen LogP contribution in [0.1, 0.15) is 68.3 Å². The first-order chi connectivity index (χ1) is 22.5. The number of ether oxygens (including phenoxy) is 2. The van der Waals surface area contributed by atoms with Crippen molar-refractivity contribution in [3.63, 3.8) is 0 Å². The summed E-state index contributed by atoms with van der Waals surface area (Å²) >= 11 is 15.1. The summed E-state index contributed by atoms with van der Waals surface area (Å²) in [5.41, 5.74) is 1.45. The highest BCUT2D eigenvalue weighted by atomic mass is 35.5. The minimum atomic E-state index is -1.37. The van der Waals surface area contributed by atoms with E-state index in [1.54, 1.807) is 12.1 Å². The molecular formula is C35H41Cl2N3O6S. The number of anilines is 1. The van der Waals surface area contributed by atoms with E-state index in [1.165, 1.54) is 11.3 Å². The molecule has 2 aromatic carbocycles. The summed E-state index contributed by atoms with van der Waals surface area (Å²) in [6.45, 7) is 6.42. The maximum Gasteiger partial charge on any atom is 0.306 e. The maximum absolute atomic E-state index is 14.9. The molecule has 6 rings (SSSR count). The molecule has 252 valence electrons. The summed E-state index contributed by atoms with van der Waals surface area (Å²) < 4.78 is 14.1. The highest BCUT2D eigenvalue weighted by molar-refractivity contribution is 7.17. The normalized spacial score (nSPS) is 25.4. The standard InChI is InChI=1S/C35H41Cl2N3O6S/c1-21-18-40(19-22(2)45-21)35(39-13-5-6-14-39,46-25-11-9-23(10-12-25)34(43)44)32(41)16-24-15-29(37)30(17-28(24)36)38-33(42)27-20-47-31-8-4-3-7-26(27)31/h3-4,7-8,15,17,20-23,25H,5-6,9-14,16,18-19H2,1-2H3,(H,38,42)(H,43,44)/t21-,22+,23?,25?,35?. The molecule has 0 spiro atoms. The summed E-state index contributed by atoms with van der Waals surface area (Å²) in [5.74, 6) is -2.99. The number of carboxylic acids is 1. The molecule has 9 nitrogen and oxygen atoms in total. The fourth-order valence-electron chi connectivity index (χ4n) is 7.32. The van der Waals surface area contributed by atoms with E-state index < -0.39 is 17.7 Å². The highest BCUT2D eigenvalue weighted by Crippen LogP contribution is 2.39. The number of morpholine rings is 1. The number of hydrogen-bond acceptors (Lipinski definition) is 8. The number of carboxylic acid groups (broad SMARTS) is 1. The van der Waals surface area contributed by atoms with Crippen molar-refractivity contribution in [3.05, 3.63) is 63.0 Å². The number of hydrogen-bond donors (Lipinski definition) is 2. The van der Waals surface area contributed by atoms with Crippen molar-refractivity contribution in [2.45, 2.75) is 83.0 Å². The Balaban J connectivity index is 1.29. The zero-order valence-electron chi connectivity index (χ0n) is 26.7. The van der Waals surface area contributed by atoms with Crippen molar-refractivity contribution < 1.29 is 29.0 Å². The number of fused-ring (bicyclic) bond motifs is 1. The van der Waals surface area contributed by atoms with Crippen LogP contribution in [0.15, 0.2) is 41.8 Å². The fraction of sp³-hybridized carbons (Fsp3) is 0.514. The third kappa shape index (κ3) is 7.25. The Morgan fingerprint density at radius 3 is 2.36 bits per heavy atom. The number of nitrogens with zero attached hydrogens (tertiary/aromatic N) is 2. The Bertz CT molecular complexity index is 1630. The molecule has 3 aromatic rings. The lowest BCUT2D eigenvalue weighted by molar-refractivity contribution is -0.274. The van der Waals surface area contributed by atoms with E-state index in [0.717, 1.165) is 22.9 Å². The molecule has 3 aliphatic rings. The largest absolute Gasteiger partial charge is 0.481 e. The number of aliphatic carboxylic acids is 1. The van der Waals surface area contributed by atoms with Gasteiger partial charge in [-0.15, -0.1) is 11.3 Å². The fourth-order valence-corrected chi connectivity index (χ4v) is 8.73. The third-order valence-electron chi connectivity index (χ3n) is 9.56. The number of nitrogens with one attached hydrogen (secondary N) is 1. The van der Waals surface area contributed by atoms with Crippen LogP contribution in [0.2, 0.25) is 10.0 Å². The molecule has 47 heavy (non-hydrogen) atoms. The van der Waals surface area contributed by atoms with Crippen LogP contribution in [0.3, 0.4) is 0 Å². The number of amides is 1. The molecule has 2 N–H and O–H groups in total. The summed E-state index contributed by atoms with van der Waals surface area (Å²) in [6.07, 6.45) is 3.51. The number of carbonyl (C=O) groups excluding carboxylic acids is 2. The lowest BCUT2D eigenvalue weighted by Crippen LogP contribution is -2.71. The smallest absolute Gasteiger partial charge is 0.306 e. The van der Waals surface area contributed by atoms with Crippen LogP contribution in [0.4, 0.5) is 5.69 Å². The second-order valence-electron chi connectivity index (χ2n) is 13.0. The maximum atomic E-state index is 14.9. The van der Waals surface area contributed by atoms with Gasteiger partial charge in [0.2, 0.25) is 5.85 Å². The van der Waals surface area contributed by atoms with Gasteiger partial charge in [0, 0.05) is 53.1 Å². The minimum absolute atomic E-state index is 0.0387. The van der Waals surface area contributed by atoms with Gasteiger partial charge in [0.15, 0.2) is 5.78 Å². The van der Waals surface area contributed by atoms with Crippen molar-refractivity contribution >= 4 is 68.0 Å². The lowest BCUT2D eigenvalue weighted by atomic mass is 9.87. The van der Waals surface area contributed by atoms with Crippen molar-refractivity contribution in [2.75, 3.05) is 31.5 Å². The van der Waals surface area contributed by atoms with Gasteiger partial charge in [-0.1, -0.05) is 41.4 Å². The van der Waals surface area contributed by atoms with Crippen LogP contribution in [0.5, 0.6) is 0 Å². The van der Waals surface area contributed by atoms with Crippen molar-refractivity contribution in [3.8, 4) is 0 Å². The van der Waals surface area contributed by atoms with Crippen LogP contribution < -0.4 is 5.32 Å². The van der Waals surface area contributed by atoms with E-state index in [2.05, 4.69) is 15.1 Å². The number of thiophene rings is 1. The first-order valence-electron chi connectivity index (χ1n) is 16.4. The van der Waals surface area contributed by atoms with Gasteiger partial charge >= 0.3 is 5.97 Å². The molecule has 12 heteroatoms. The first-order valence-corrected chi connectivity index (χ1v) is 18.0. The van der Waals surface area contributed by atoms with Gasteiger partial charge in [0.25, 0.3) is 5.91 Å². The van der Waals surface area contributed by atoms with Gasteiger partial charge in [-0.05, 0) is 76.1 Å². The number of benzene rings is 2. The van der Waals surface area contributed by atoms with E-state index in [1.807, 2.05) is 43.5 Å². The van der Waals surface area contributed by atoms with Crippen LogP contribution >= 0.6 is 34.5 Å². The molecule has 2 saturated heterocycles. The second-order valence-corrected chi connectivity index (χ2v) is 14.7. The van der Waals surface area contributed by atoms with Gasteiger partial charge in [0.05, 0.1) is 40.5 Å². The van der Waals surface area contributed by atoms with Gasteiger partial charge in [-0.2, -0.15) is 0 Å². The topological polar surface area (TPSA) is 108 Å². The van der Waals surface area contributed by atoms with E-state index >= 15 is 0 Å². The summed E-state index contributed by atoms with van der Waals surface area (Å²) in [5, 5.41) is 15.8. The van der Waals surface area contributed by atoms with Gasteiger partial charge in [0.1, 0.15) is 0 Å². The SMILES string of the molecule is C[C@@H]1CN(C(OC2CCC(C(=O)O)CC2)(C(=O)Cc2cc(Cl)c(NC(=O)c3csc4ccccc34)cc2Cl)N2CCCC2)C[C@H](C)O1. The average Bonchev–Trinajstić information content (AvgIpc) is 3.73. The number of carbonyl (C=O) groups is 3. The Morgan fingerprint density at radius 1 is 1.00 bits per heavy atom. The Kier molecular flexibility index (Phi) is 10.6. The number of Topliss-reactive ketones (excluding diaryl/α,β-unsaturated/α-hetero) is 1. The van der Waals surface area contributed by atoms with Gasteiger partial charge in [-0.3, -0.25) is 24.2 Å². The average molecular weight is 703 g/mol. The number of rotatable bonds is 10. The van der Waals surface area contributed by atoms with Gasteiger partial charge in [-0.25, -0.2) is 0 Å². The number of likely N-dealkylation sites (tertiary alicyclic amines) is 1. The van der Waals surface area contributed by atoms with Gasteiger partial charge < -0.3 is 19.9 Å². The molecule has 2 aliphatic heterocycles.